The van der Waals surface area contributed by atoms with E-state index in [9.17, 15) is 53.1 Å². The number of aromatic hydroxyl groups is 1. The van der Waals surface area contributed by atoms with Crippen LogP contribution >= 0.6 is 15.9 Å². The van der Waals surface area contributed by atoms with Crippen LogP contribution in [0.15, 0.2) is 34.8 Å². The lowest BCUT2D eigenvalue weighted by Crippen LogP contribution is -2.34. The molecule has 0 amide bonds. The van der Waals surface area contributed by atoms with Gasteiger partial charge in [0.1, 0.15) is 5.75 Å². The molecule has 0 aliphatic carbocycles. The number of phenols is 1. The summed E-state index contributed by atoms with van der Waals surface area (Å²) in [5, 5.41) is 27.2. The van der Waals surface area contributed by atoms with E-state index < -0.39 is 38.4 Å². The highest BCUT2D eigenvalue weighted by molar-refractivity contribution is 9.10. The average Bonchev–Trinajstić information content (AvgIpc) is 2.78. The maximum Gasteiger partial charge on any atom is 0.524 e. The molecule has 0 atom stereocenters. The SMILES string of the molecule is CCOC(=O)Cc1ccc(O)c(Br)c1.Cc1ccc(B(O)O)c(C)c1C.O=S(=O)(OS(=O)(=O)C(F)(F)F)C(F)(F)F. The summed E-state index contributed by atoms with van der Waals surface area (Å²) in [6.07, 6.45) is 0.229. The number of hydrogen-bond donors (Lipinski definition) is 3. The van der Waals surface area contributed by atoms with Crippen LogP contribution in [-0.2, 0) is 39.8 Å². The minimum atomic E-state index is -6.85. The zero-order chi connectivity index (χ0) is 32.6. The first-order valence-electron chi connectivity index (χ1n) is 10.8. The van der Waals surface area contributed by atoms with Gasteiger partial charge in [-0.2, -0.15) is 43.2 Å². The van der Waals surface area contributed by atoms with E-state index in [-0.39, 0.29) is 18.1 Å². The Balaban J connectivity index is 0.000000588. The van der Waals surface area contributed by atoms with E-state index >= 15 is 0 Å². The number of halogens is 7. The van der Waals surface area contributed by atoms with Crippen molar-refractivity contribution in [3.05, 3.63) is 57.1 Å². The number of carbonyl (C=O) groups excluding carboxylic acids is 1. The molecule has 10 nitrogen and oxygen atoms in total. The van der Waals surface area contributed by atoms with Crippen LogP contribution in [-0.4, -0.2) is 62.7 Å². The van der Waals surface area contributed by atoms with Crippen LogP contribution in [0.1, 0.15) is 29.2 Å². The van der Waals surface area contributed by atoms with Crippen LogP contribution in [0.2, 0.25) is 0 Å². The van der Waals surface area contributed by atoms with Gasteiger partial charge in [-0.05, 0) is 83.5 Å². The third-order valence-corrected chi connectivity index (χ3v) is 7.99. The summed E-state index contributed by atoms with van der Waals surface area (Å²) < 4.78 is 115. The molecule has 3 N–H and O–H groups in total. The lowest BCUT2D eigenvalue weighted by atomic mass is 9.75. The van der Waals surface area contributed by atoms with Crippen molar-refractivity contribution in [2.24, 2.45) is 0 Å². The predicted octanol–water partition coefficient (Wildman–Crippen LogP) is 3.25. The number of phenolic OH excluding ortho intramolecular Hbond substituents is 1. The van der Waals surface area contributed by atoms with Gasteiger partial charge in [0.15, 0.2) is 0 Å². The van der Waals surface area contributed by atoms with Crippen molar-refractivity contribution in [3.63, 3.8) is 0 Å². The second-order valence-corrected chi connectivity index (χ2v) is 11.9. The Morgan fingerprint density at radius 1 is 0.902 bits per heavy atom. The highest BCUT2D eigenvalue weighted by atomic mass is 79.9. The Labute approximate surface area is 240 Å². The normalized spacial score (nSPS) is 11.9. The number of carbonyl (C=O) groups is 1. The Hall–Kier alpha value is -2.39. The minimum absolute atomic E-state index is 0.164. The van der Waals surface area contributed by atoms with E-state index in [4.69, 9.17) is 14.8 Å². The van der Waals surface area contributed by atoms with E-state index in [2.05, 4.69) is 15.9 Å². The monoisotopic (exact) mass is 704 g/mol. The van der Waals surface area contributed by atoms with Crippen LogP contribution in [0.5, 0.6) is 5.75 Å². The van der Waals surface area contributed by atoms with Gasteiger partial charge >= 0.3 is 44.3 Å². The largest absolute Gasteiger partial charge is 0.524 e. The third-order valence-electron chi connectivity index (χ3n) is 4.79. The number of esters is 1. The van der Waals surface area contributed by atoms with Gasteiger partial charge in [0.2, 0.25) is 0 Å². The molecule has 2 aromatic carbocycles. The molecule has 0 aliphatic rings. The molecule has 0 spiro atoms. The molecule has 20 heteroatoms. The highest BCUT2D eigenvalue weighted by Gasteiger charge is 2.57. The third kappa shape index (κ3) is 12.2. The molecule has 0 fully saturated rings. The van der Waals surface area contributed by atoms with Gasteiger partial charge < -0.3 is 19.9 Å². The molecule has 0 bridgehead atoms. The van der Waals surface area contributed by atoms with Gasteiger partial charge in [0, 0.05) is 0 Å². The number of benzene rings is 2. The lowest BCUT2D eigenvalue weighted by molar-refractivity contribution is -0.142. The van der Waals surface area contributed by atoms with E-state index in [1.54, 1.807) is 31.2 Å². The summed E-state index contributed by atoms with van der Waals surface area (Å²) in [5.74, 6) is -0.0947. The molecule has 0 aliphatic heterocycles. The van der Waals surface area contributed by atoms with Gasteiger partial charge in [-0.1, -0.05) is 18.2 Å². The van der Waals surface area contributed by atoms with Crippen molar-refractivity contribution in [2.75, 3.05) is 6.61 Å². The zero-order valence-corrected chi connectivity index (χ0v) is 24.8. The van der Waals surface area contributed by atoms with Crippen LogP contribution in [0.3, 0.4) is 0 Å². The summed E-state index contributed by atoms with van der Waals surface area (Å²) >= 11 is 3.17. The molecule has 0 saturated carbocycles. The number of hydrogen-bond acceptors (Lipinski definition) is 10. The van der Waals surface area contributed by atoms with E-state index in [1.165, 1.54) is 5.56 Å². The van der Waals surface area contributed by atoms with Crippen LogP contribution in [0.25, 0.3) is 0 Å². The number of aryl methyl sites for hydroxylation is 1. The predicted molar refractivity (Wildman–Crippen MR) is 138 cm³/mol. The van der Waals surface area contributed by atoms with E-state index in [0.717, 1.165) is 16.7 Å². The maximum absolute atomic E-state index is 11.4. The van der Waals surface area contributed by atoms with Crippen molar-refractivity contribution in [1.82, 2.24) is 0 Å². The summed E-state index contributed by atoms with van der Waals surface area (Å²) in [5.41, 5.74) is -7.84. The molecule has 0 heterocycles. The molecule has 232 valence electrons. The molecular formula is C21H24BBrF6O10S2. The Morgan fingerprint density at radius 3 is 1.78 bits per heavy atom. The molecule has 0 saturated heterocycles. The highest BCUT2D eigenvalue weighted by Crippen LogP contribution is 2.32. The van der Waals surface area contributed by atoms with Crippen molar-refractivity contribution >= 4 is 54.7 Å². The first-order valence-corrected chi connectivity index (χ1v) is 14.4. The van der Waals surface area contributed by atoms with Gasteiger partial charge in [-0.3, -0.25) is 4.79 Å². The topological polar surface area (TPSA) is 164 Å². The fraction of sp³-hybridized carbons (Fsp3) is 0.381. The summed E-state index contributed by atoms with van der Waals surface area (Å²) in [6, 6.07) is 8.58. The average molecular weight is 705 g/mol. The quantitative estimate of drug-likeness (QED) is 0.176. The molecule has 2 aromatic rings. The van der Waals surface area contributed by atoms with E-state index in [1.807, 2.05) is 30.5 Å². The number of rotatable bonds is 6. The first-order chi connectivity index (χ1) is 18.4. The standard InChI is InChI=1S/C10H11BrO3.C9H13BO2.C2F6O5S2/c1-2-14-10(13)6-7-3-4-9(12)8(11)5-7;1-6-4-5-9(10(11)12)8(3)7(6)2;3-1(4,5)14(9,10)13-15(11,12)2(6,7)8/h3-5,12H,2,6H2,1H3;4-5,11-12H,1-3H3;. The van der Waals surface area contributed by atoms with Gasteiger partial charge in [0.05, 0.1) is 17.5 Å². The van der Waals surface area contributed by atoms with E-state index in [0.29, 0.717) is 16.5 Å². The van der Waals surface area contributed by atoms with Crippen molar-refractivity contribution in [2.45, 2.75) is 45.1 Å². The minimum Gasteiger partial charge on any atom is -0.507 e. The summed E-state index contributed by atoms with van der Waals surface area (Å²) in [7, 11) is -15.1. The van der Waals surface area contributed by atoms with Gasteiger partial charge in [-0.15, -0.1) is 3.63 Å². The molecule has 0 aromatic heterocycles. The van der Waals surface area contributed by atoms with Gasteiger partial charge in [-0.25, -0.2) is 0 Å². The number of ether oxygens (including phenoxy) is 1. The second kappa shape index (κ2) is 15.2. The number of alkyl halides is 6. The fourth-order valence-electron chi connectivity index (χ4n) is 2.49. The van der Waals surface area contributed by atoms with Crippen molar-refractivity contribution < 1.29 is 71.5 Å². The fourth-order valence-corrected chi connectivity index (χ4v) is 4.48. The summed E-state index contributed by atoms with van der Waals surface area (Å²) in [4.78, 5) is 11.1. The Bertz CT molecular complexity index is 1370. The maximum atomic E-state index is 11.4. The molecule has 2 rings (SSSR count). The van der Waals surface area contributed by atoms with Crippen LogP contribution < -0.4 is 5.46 Å². The molecule has 41 heavy (non-hydrogen) atoms. The Kier molecular flexibility index (Phi) is 14.3. The lowest BCUT2D eigenvalue weighted by Gasteiger charge is -2.09. The molecule has 0 radical (unpaired) electrons. The van der Waals surface area contributed by atoms with Crippen LogP contribution in [0.4, 0.5) is 26.3 Å². The smallest absolute Gasteiger partial charge is 0.507 e. The van der Waals surface area contributed by atoms with Crippen LogP contribution in [0, 0.1) is 20.8 Å². The summed E-state index contributed by atoms with van der Waals surface area (Å²) in [6.45, 7) is 8.05. The van der Waals surface area contributed by atoms with Crippen molar-refractivity contribution in [1.29, 1.82) is 0 Å². The van der Waals surface area contributed by atoms with Gasteiger partial charge in [0.25, 0.3) is 0 Å². The molecular weight excluding hydrogens is 681 g/mol. The zero-order valence-electron chi connectivity index (χ0n) is 21.5. The Morgan fingerprint density at radius 2 is 1.39 bits per heavy atom. The second-order valence-electron chi connectivity index (χ2n) is 7.73. The van der Waals surface area contributed by atoms with Crippen molar-refractivity contribution in [3.8, 4) is 5.75 Å². The molecule has 0 unspecified atom stereocenters. The first kappa shape index (κ1) is 38.6.